The number of benzene rings is 8. The highest BCUT2D eigenvalue weighted by Gasteiger charge is 2.27. The van der Waals surface area contributed by atoms with Crippen molar-refractivity contribution >= 4 is 76.5 Å². The van der Waals surface area contributed by atoms with E-state index in [9.17, 15) is 0 Å². The third kappa shape index (κ3) is 3.76. The van der Waals surface area contributed by atoms with Crippen LogP contribution in [0.5, 0.6) is 0 Å². The van der Waals surface area contributed by atoms with Crippen LogP contribution in [0.25, 0.3) is 122 Å². The summed E-state index contributed by atoms with van der Waals surface area (Å²) in [6.45, 7) is 0. The summed E-state index contributed by atoms with van der Waals surface area (Å²) < 4.78 is 11.2. The van der Waals surface area contributed by atoms with Gasteiger partial charge in [0.1, 0.15) is 16.8 Å². The van der Waals surface area contributed by atoms with Gasteiger partial charge in [-0.25, -0.2) is 9.97 Å². The van der Waals surface area contributed by atoms with E-state index in [-0.39, 0.29) is 0 Å². The van der Waals surface area contributed by atoms with Crippen molar-refractivity contribution in [3.63, 3.8) is 0 Å². The summed E-state index contributed by atoms with van der Waals surface area (Å²) in [6.07, 6.45) is 0. The van der Waals surface area contributed by atoms with Crippen molar-refractivity contribution in [2.75, 3.05) is 0 Å². The van der Waals surface area contributed by atoms with Crippen molar-refractivity contribution < 1.29 is 4.42 Å². The lowest BCUT2D eigenvalue weighted by molar-refractivity contribution is 0.666. The van der Waals surface area contributed by atoms with Crippen LogP contribution in [0.4, 0.5) is 0 Å². The molecule has 0 saturated heterocycles. The number of fused-ring (bicyclic) bond motifs is 13. The lowest BCUT2D eigenvalue weighted by Crippen LogP contribution is -2.03. The molecule has 1 aliphatic carbocycles. The van der Waals surface area contributed by atoms with Gasteiger partial charge in [-0.15, -0.1) is 0 Å². The molecular weight excluding hydrogens is 673 g/mol. The van der Waals surface area contributed by atoms with Crippen LogP contribution in [0, 0.1) is 0 Å². The third-order valence-corrected chi connectivity index (χ3v) is 11.7. The van der Waals surface area contributed by atoms with Gasteiger partial charge in [0.25, 0.3) is 0 Å². The van der Waals surface area contributed by atoms with Crippen molar-refractivity contribution in [2.45, 2.75) is 0 Å². The lowest BCUT2D eigenvalue weighted by atomic mass is 10.0. The van der Waals surface area contributed by atoms with Crippen molar-refractivity contribution in [1.29, 1.82) is 0 Å². The fraction of sp³-hybridized carbons (Fsp3) is 0. The second kappa shape index (κ2) is 10.6. The Morgan fingerprint density at radius 2 is 1.05 bits per heavy atom. The van der Waals surface area contributed by atoms with Crippen molar-refractivity contribution in [3.8, 4) is 45.1 Å². The number of aromatic nitrogens is 4. The molecule has 5 nitrogen and oxygen atoms in total. The van der Waals surface area contributed by atoms with Gasteiger partial charge in [0.15, 0.2) is 5.58 Å². The lowest BCUT2D eigenvalue weighted by Gasteiger charge is -2.14. The van der Waals surface area contributed by atoms with Crippen LogP contribution in [-0.4, -0.2) is 19.1 Å². The van der Waals surface area contributed by atoms with Crippen LogP contribution in [0.15, 0.2) is 174 Å². The Morgan fingerprint density at radius 1 is 0.400 bits per heavy atom. The van der Waals surface area contributed by atoms with Crippen LogP contribution in [-0.2, 0) is 0 Å². The van der Waals surface area contributed by atoms with Crippen LogP contribution < -0.4 is 0 Å². The normalized spacial score (nSPS) is 12.4. The number of furan rings is 1. The van der Waals surface area contributed by atoms with Crippen LogP contribution in [0.1, 0.15) is 0 Å². The Morgan fingerprint density at radius 3 is 1.89 bits per heavy atom. The molecule has 0 spiro atoms. The van der Waals surface area contributed by atoms with E-state index in [1.165, 1.54) is 54.8 Å². The molecule has 1 aliphatic rings. The number of hydrogen-bond acceptors (Lipinski definition) is 3. The number of rotatable bonds is 3. The minimum Gasteiger partial charge on any atom is -0.452 e. The molecule has 0 atom stereocenters. The maximum Gasteiger partial charge on any atom is 0.236 e. The smallest absolute Gasteiger partial charge is 0.236 e. The molecule has 8 aromatic carbocycles. The molecule has 0 bridgehead atoms. The van der Waals surface area contributed by atoms with Gasteiger partial charge in [0.05, 0.1) is 27.8 Å². The third-order valence-electron chi connectivity index (χ3n) is 11.7. The first-order valence-electron chi connectivity index (χ1n) is 18.7. The largest absolute Gasteiger partial charge is 0.452 e. The van der Waals surface area contributed by atoms with Gasteiger partial charge in [-0.05, 0) is 64.0 Å². The van der Waals surface area contributed by atoms with E-state index in [2.05, 4.69) is 143 Å². The predicted molar refractivity (Wildman–Crippen MR) is 225 cm³/mol. The summed E-state index contributed by atoms with van der Waals surface area (Å²) in [5, 5.41) is 8.25. The fourth-order valence-corrected chi connectivity index (χ4v) is 9.43. The van der Waals surface area contributed by atoms with Gasteiger partial charge in [0, 0.05) is 37.9 Å². The standard InChI is InChI=1S/C50H28N4O/c1-2-13-29(14-3-1)46-49-47(38-19-8-11-24-43(38)55-49)52-50(51-46)54-40-23-10-7-18-37(40)45-42(54)28-26-35-32-17-6-9-22-39(32)53(48(35)45)41-27-25-34-31-16-5-4-15-30(31)33-20-12-21-36(41)44(33)34/h1-28H. The molecule has 0 unspecified atom stereocenters. The van der Waals surface area contributed by atoms with Gasteiger partial charge >= 0.3 is 0 Å². The molecule has 254 valence electrons. The Kier molecular flexibility index (Phi) is 5.57. The molecular formula is C50H28N4O. The van der Waals surface area contributed by atoms with Gasteiger partial charge in [-0.3, -0.25) is 4.57 Å². The second-order valence-corrected chi connectivity index (χ2v) is 14.5. The molecule has 0 amide bonds. The van der Waals surface area contributed by atoms with E-state index in [4.69, 9.17) is 14.4 Å². The Bertz CT molecular complexity index is 3580. The maximum atomic E-state index is 6.48. The summed E-state index contributed by atoms with van der Waals surface area (Å²) >= 11 is 0. The summed E-state index contributed by atoms with van der Waals surface area (Å²) in [5.74, 6) is 0.606. The number of nitrogens with zero attached hydrogens (tertiary/aromatic N) is 4. The second-order valence-electron chi connectivity index (χ2n) is 14.5. The van der Waals surface area contributed by atoms with E-state index in [1.807, 2.05) is 36.4 Å². The van der Waals surface area contributed by atoms with Gasteiger partial charge < -0.3 is 8.98 Å². The van der Waals surface area contributed by atoms with Gasteiger partial charge in [-0.2, -0.15) is 0 Å². The number of hydrogen-bond donors (Lipinski definition) is 0. The SMILES string of the molecule is c1ccc(-c2nc(-n3c4ccccc4c4c3ccc3c5ccccc5n(-c5ccc6c7c(cccc57)-c5ccccc5-6)c34)nc3c2oc2ccccc23)cc1. The van der Waals surface area contributed by atoms with Crippen LogP contribution in [0.2, 0.25) is 0 Å². The van der Waals surface area contributed by atoms with Crippen LogP contribution >= 0.6 is 0 Å². The highest BCUT2D eigenvalue weighted by atomic mass is 16.3. The minimum atomic E-state index is 0.606. The first-order valence-corrected chi connectivity index (χ1v) is 18.7. The van der Waals surface area contributed by atoms with Crippen molar-refractivity contribution in [3.05, 3.63) is 170 Å². The zero-order chi connectivity index (χ0) is 35.8. The summed E-state index contributed by atoms with van der Waals surface area (Å²) in [4.78, 5) is 10.7. The molecule has 0 N–H and O–H groups in total. The molecule has 4 aromatic heterocycles. The van der Waals surface area contributed by atoms with E-state index in [1.54, 1.807) is 0 Å². The average molecular weight is 701 g/mol. The molecule has 0 radical (unpaired) electrons. The minimum absolute atomic E-state index is 0.606. The molecule has 55 heavy (non-hydrogen) atoms. The molecule has 0 aliphatic heterocycles. The number of para-hydroxylation sites is 3. The summed E-state index contributed by atoms with van der Waals surface area (Å²) in [7, 11) is 0. The first-order chi connectivity index (χ1) is 27.3. The summed E-state index contributed by atoms with van der Waals surface area (Å²) in [6, 6.07) is 60.6. The van der Waals surface area contributed by atoms with E-state index < -0.39 is 0 Å². The molecule has 12 aromatic rings. The van der Waals surface area contributed by atoms with Crippen LogP contribution in [0.3, 0.4) is 0 Å². The fourth-order valence-electron chi connectivity index (χ4n) is 9.43. The average Bonchev–Trinajstić information content (AvgIpc) is 3.98. The van der Waals surface area contributed by atoms with Gasteiger partial charge in [0.2, 0.25) is 5.95 Å². The van der Waals surface area contributed by atoms with Gasteiger partial charge in [-0.1, -0.05) is 133 Å². The maximum absolute atomic E-state index is 6.48. The molecule has 5 heteroatoms. The molecule has 13 rings (SSSR count). The molecule has 0 fully saturated rings. The van der Waals surface area contributed by atoms with E-state index in [0.717, 1.165) is 55.2 Å². The highest BCUT2D eigenvalue weighted by Crippen LogP contribution is 2.50. The monoisotopic (exact) mass is 700 g/mol. The van der Waals surface area contributed by atoms with Crippen molar-refractivity contribution in [2.24, 2.45) is 0 Å². The van der Waals surface area contributed by atoms with E-state index >= 15 is 0 Å². The topological polar surface area (TPSA) is 48.8 Å². The zero-order valence-corrected chi connectivity index (χ0v) is 29.4. The zero-order valence-electron chi connectivity index (χ0n) is 29.4. The highest BCUT2D eigenvalue weighted by molar-refractivity contribution is 6.27. The van der Waals surface area contributed by atoms with Crippen molar-refractivity contribution in [1.82, 2.24) is 19.1 Å². The van der Waals surface area contributed by atoms with E-state index in [0.29, 0.717) is 11.5 Å². The first kappa shape index (κ1) is 29.0. The Labute approximate surface area is 313 Å². The Hall–Kier alpha value is -7.50. The molecule has 4 heterocycles. The Balaban J connectivity index is 1.18. The summed E-state index contributed by atoms with van der Waals surface area (Å²) in [5.41, 5.74) is 14.8. The predicted octanol–water partition coefficient (Wildman–Crippen LogP) is 13.0. The quantitative estimate of drug-likeness (QED) is 0.184. The molecule has 0 saturated carbocycles.